The standard InChI is InChI=1S/C15H14BrNOS/c1-9-7-13(19-15(9)16)14(17-2)12-8-10-5-3-4-6-11(10)18-12/h3-8,14,17H,1-2H3. The third-order valence-electron chi connectivity index (χ3n) is 3.18. The fourth-order valence-corrected chi connectivity index (χ4v) is 3.88. The van der Waals surface area contributed by atoms with Crippen LogP contribution < -0.4 is 5.32 Å². The van der Waals surface area contributed by atoms with Gasteiger partial charge in [0, 0.05) is 10.3 Å². The lowest BCUT2D eigenvalue weighted by molar-refractivity contribution is 0.495. The molecule has 0 saturated heterocycles. The van der Waals surface area contributed by atoms with Gasteiger partial charge in [-0.05, 0) is 53.7 Å². The maximum Gasteiger partial charge on any atom is 0.134 e. The number of furan rings is 1. The third kappa shape index (κ3) is 2.36. The monoisotopic (exact) mass is 335 g/mol. The van der Waals surface area contributed by atoms with E-state index in [1.807, 2.05) is 25.2 Å². The van der Waals surface area contributed by atoms with E-state index in [1.165, 1.54) is 14.2 Å². The molecule has 3 rings (SSSR count). The van der Waals surface area contributed by atoms with E-state index in [0.29, 0.717) is 0 Å². The van der Waals surface area contributed by atoms with Crippen molar-refractivity contribution in [3.8, 4) is 0 Å². The van der Waals surface area contributed by atoms with Crippen LogP contribution in [0.5, 0.6) is 0 Å². The van der Waals surface area contributed by atoms with Crippen molar-refractivity contribution in [3.05, 3.63) is 56.4 Å². The fraction of sp³-hybridized carbons (Fsp3) is 0.200. The Morgan fingerprint density at radius 3 is 2.68 bits per heavy atom. The summed E-state index contributed by atoms with van der Waals surface area (Å²) in [6, 6.07) is 12.5. The molecule has 0 bridgehead atoms. The zero-order valence-electron chi connectivity index (χ0n) is 10.7. The summed E-state index contributed by atoms with van der Waals surface area (Å²) in [5.41, 5.74) is 2.20. The van der Waals surface area contributed by atoms with E-state index in [-0.39, 0.29) is 6.04 Å². The Morgan fingerprint density at radius 1 is 1.26 bits per heavy atom. The van der Waals surface area contributed by atoms with E-state index in [2.05, 4.69) is 46.4 Å². The maximum atomic E-state index is 5.95. The van der Waals surface area contributed by atoms with Gasteiger partial charge in [0.15, 0.2) is 0 Å². The van der Waals surface area contributed by atoms with Crippen molar-refractivity contribution in [1.29, 1.82) is 0 Å². The lowest BCUT2D eigenvalue weighted by Crippen LogP contribution is -2.15. The van der Waals surface area contributed by atoms with Gasteiger partial charge in [0.25, 0.3) is 0 Å². The lowest BCUT2D eigenvalue weighted by Gasteiger charge is -2.10. The normalized spacial score (nSPS) is 13.0. The molecule has 0 aliphatic heterocycles. The van der Waals surface area contributed by atoms with E-state index >= 15 is 0 Å². The molecule has 0 saturated carbocycles. The second-order valence-electron chi connectivity index (χ2n) is 4.51. The summed E-state index contributed by atoms with van der Waals surface area (Å²) in [6.45, 7) is 2.11. The number of fused-ring (bicyclic) bond motifs is 1. The number of hydrogen-bond acceptors (Lipinski definition) is 3. The number of hydrogen-bond donors (Lipinski definition) is 1. The molecule has 0 aliphatic carbocycles. The second-order valence-corrected chi connectivity index (χ2v) is 6.92. The molecule has 2 nitrogen and oxygen atoms in total. The van der Waals surface area contributed by atoms with Crippen molar-refractivity contribution in [2.24, 2.45) is 0 Å². The first-order chi connectivity index (χ1) is 9.19. The van der Waals surface area contributed by atoms with Crippen molar-refractivity contribution in [2.45, 2.75) is 13.0 Å². The summed E-state index contributed by atoms with van der Waals surface area (Å²) in [5, 5.41) is 4.48. The Labute approximate surface area is 124 Å². The SMILES string of the molecule is CNC(c1cc2ccccc2o1)c1cc(C)c(Br)s1. The Bertz CT molecular complexity index is 663. The average molecular weight is 336 g/mol. The first-order valence-corrected chi connectivity index (χ1v) is 7.71. The highest BCUT2D eigenvalue weighted by molar-refractivity contribution is 9.11. The summed E-state index contributed by atoms with van der Waals surface area (Å²) >= 11 is 5.33. The van der Waals surface area contributed by atoms with Crippen LogP contribution in [0.3, 0.4) is 0 Å². The largest absolute Gasteiger partial charge is 0.459 e. The van der Waals surface area contributed by atoms with Gasteiger partial charge in [-0.15, -0.1) is 11.3 Å². The van der Waals surface area contributed by atoms with Crippen LogP contribution in [0.15, 0.2) is 44.6 Å². The molecule has 1 atom stereocenters. The van der Waals surface area contributed by atoms with Gasteiger partial charge in [0.05, 0.1) is 3.79 Å². The Kier molecular flexibility index (Phi) is 3.48. The van der Waals surface area contributed by atoms with Crippen molar-refractivity contribution in [2.75, 3.05) is 7.05 Å². The summed E-state index contributed by atoms with van der Waals surface area (Å²) in [5.74, 6) is 0.956. The molecule has 0 aliphatic rings. The van der Waals surface area contributed by atoms with Crippen LogP contribution in [-0.2, 0) is 0 Å². The van der Waals surface area contributed by atoms with Gasteiger partial charge in [0.2, 0.25) is 0 Å². The van der Waals surface area contributed by atoms with Crippen LogP contribution >= 0.6 is 27.3 Å². The third-order valence-corrected chi connectivity index (χ3v) is 5.38. The molecular formula is C15H14BrNOS. The molecule has 0 radical (unpaired) electrons. The molecule has 0 amide bonds. The number of thiophene rings is 1. The summed E-state index contributed by atoms with van der Waals surface area (Å²) in [4.78, 5) is 1.26. The smallest absolute Gasteiger partial charge is 0.134 e. The van der Waals surface area contributed by atoms with Gasteiger partial charge in [-0.1, -0.05) is 18.2 Å². The van der Waals surface area contributed by atoms with Crippen molar-refractivity contribution >= 4 is 38.2 Å². The molecule has 1 unspecified atom stereocenters. The van der Waals surface area contributed by atoms with Crippen LogP contribution in [0.1, 0.15) is 22.2 Å². The molecule has 0 spiro atoms. The summed E-state index contributed by atoms with van der Waals surface area (Å²) in [7, 11) is 1.96. The van der Waals surface area contributed by atoms with Crippen molar-refractivity contribution in [3.63, 3.8) is 0 Å². The van der Waals surface area contributed by atoms with Gasteiger partial charge >= 0.3 is 0 Å². The van der Waals surface area contributed by atoms with Crippen LogP contribution in [0.4, 0.5) is 0 Å². The van der Waals surface area contributed by atoms with E-state index in [0.717, 1.165) is 16.7 Å². The minimum atomic E-state index is 0.0994. The maximum absolute atomic E-state index is 5.95. The zero-order valence-corrected chi connectivity index (χ0v) is 13.1. The van der Waals surface area contributed by atoms with Gasteiger partial charge in [-0.2, -0.15) is 0 Å². The van der Waals surface area contributed by atoms with Gasteiger partial charge in [-0.25, -0.2) is 0 Å². The highest BCUT2D eigenvalue weighted by Gasteiger charge is 2.19. The highest BCUT2D eigenvalue weighted by atomic mass is 79.9. The Hall–Kier alpha value is -1.10. The predicted octanol–water partition coefficient (Wildman–Crippen LogP) is 4.87. The number of nitrogens with one attached hydrogen (secondary N) is 1. The first kappa shape index (κ1) is 12.9. The molecule has 19 heavy (non-hydrogen) atoms. The topological polar surface area (TPSA) is 25.2 Å². The van der Waals surface area contributed by atoms with Crippen LogP contribution in [0, 0.1) is 6.92 Å². The van der Waals surface area contributed by atoms with Crippen LogP contribution in [-0.4, -0.2) is 7.05 Å². The minimum Gasteiger partial charge on any atom is -0.459 e. The number of rotatable bonds is 3. The van der Waals surface area contributed by atoms with Crippen LogP contribution in [0.25, 0.3) is 11.0 Å². The van der Waals surface area contributed by atoms with Crippen molar-refractivity contribution < 1.29 is 4.42 Å². The Balaban J connectivity index is 2.06. The van der Waals surface area contributed by atoms with E-state index in [9.17, 15) is 0 Å². The van der Waals surface area contributed by atoms with Crippen LogP contribution in [0.2, 0.25) is 0 Å². The predicted molar refractivity (Wildman–Crippen MR) is 83.9 cm³/mol. The number of para-hydroxylation sites is 1. The highest BCUT2D eigenvalue weighted by Crippen LogP contribution is 2.35. The van der Waals surface area contributed by atoms with Crippen molar-refractivity contribution in [1.82, 2.24) is 5.32 Å². The zero-order chi connectivity index (χ0) is 13.4. The average Bonchev–Trinajstić information content (AvgIpc) is 2.95. The molecule has 2 aromatic heterocycles. The molecule has 1 aromatic carbocycles. The lowest BCUT2D eigenvalue weighted by atomic mass is 10.1. The molecule has 1 N–H and O–H groups in total. The van der Waals surface area contributed by atoms with Gasteiger partial charge < -0.3 is 9.73 Å². The molecule has 4 heteroatoms. The molecule has 3 aromatic rings. The van der Waals surface area contributed by atoms with E-state index < -0.39 is 0 Å². The molecule has 98 valence electrons. The summed E-state index contributed by atoms with van der Waals surface area (Å²) < 4.78 is 7.13. The Morgan fingerprint density at radius 2 is 2.05 bits per heavy atom. The molecule has 0 fully saturated rings. The summed E-state index contributed by atoms with van der Waals surface area (Å²) in [6.07, 6.45) is 0. The van der Waals surface area contributed by atoms with E-state index in [4.69, 9.17) is 4.42 Å². The number of halogens is 1. The minimum absolute atomic E-state index is 0.0994. The second kappa shape index (κ2) is 5.12. The number of benzene rings is 1. The van der Waals surface area contributed by atoms with Gasteiger partial charge in [0.1, 0.15) is 17.4 Å². The first-order valence-electron chi connectivity index (χ1n) is 6.10. The molecule has 2 heterocycles. The van der Waals surface area contributed by atoms with Gasteiger partial charge in [-0.3, -0.25) is 0 Å². The quantitative estimate of drug-likeness (QED) is 0.738. The fourth-order valence-electron chi connectivity index (χ4n) is 2.20. The molecular weight excluding hydrogens is 322 g/mol. The van der Waals surface area contributed by atoms with E-state index in [1.54, 1.807) is 11.3 Å². The number of aryl methyl sites for hydroxylation is 1.